The molecule has 19 heavy (non-hydrogen) atoms. The van der Waals surface area contributed by atoms with E-state index in [2.05, 4.69) is 9.97 Å². The number of fused-ring (bicyclic) bond motifs is 1. The quantitative estimate of drug-likeness (QED) is 0.751. The lowest BCUT2D eigenvalue weighted by Crippen LogP contribution is -2.38. The zero-order chi connectivity index (χ0) is 13.2. The molecule has 1 amide bonds. The molecular formula is C14H14ClN3O. The smallest absolute Gasteiger partial charge is 0.253 e. The first kappa shape index (κ1) is 12.4. The molecule has 0 aliphatic carbocycles. The summed E-state index contributed by atoms with van der Waals surface area (Å²) >= 11 is 6.05. The average molecular weight is 276 g/mol. The van der Waals surface area contributed by atoms with Gasteiger partial charge < -0.3 is 4.90 Å². The molecule has 0 unspecified atom stereocenters. The first-order valence-electron chi connectivity index (χ1n) is 6.38. The van der Waals surface area contributed by atoms with Gasteiger partial charge in [-0.15, -0.1) is 11.6 Å². The van der Waals surface area contributed by atoms with Gasteiger partial charge in [-0.25, -0.2) is 0 Å². The first-order chi connectivity index (χ1) is 9.24. The summed E-state index contributed by atoms with van der Waals surface area (Å²) in [5, 5.41) is 0.200. The van der Waals surface area contributed by atoms with Crippen molar-refractivity contribution in [3.63, 3.8) is 0 Å². The molecule has 0 bridgehead atoms. The van der Waals surface area contributed by atoms with Crippen LogP contribution in [0.15, 0.2) is 30.6 Å². The highest BCUT2D eigenvalue weighted by molar-refractivity contribution is 6.20. The van der Waals surface area contributed by atoms with Gasteiger partial charge in [0.25, 0.3) is 5.91 Å². The van der Waals surface area contributed by atoms with Gasteiger partial charge in [0.15, 0.2) is 0 Å². The molecule has 1 saturated heterocycles. The van der Waals surface area contributed by atoms with E-state index in [4.69, 9.17) is 11.6 Å². The van der Waals surface area contributed by atoms with Crippen molar-refractivity contribution >= 4 is 28.5 Å². The minimum atomic E-state index is 0.0520. The summed E-state index contributed by atoms with van der Waals surface area (Å²) in [7, 11) is 0. The van der Waals surface area contributed by atoms with Gasteiger partial charge in [-0.2, -0.15) is 0 Å². The van der Waals surface area contributed by atoms with E-state index in [-0.39, 0.29) is 11.3 Å². The monoisotopic (exact) mass is 275 g/mol. The Bertz CT molecular complexity index is 608. The Hall–Kier alpha value is -1.68. The molecule has 2 heterocycles. The zero-order valence-electron chi connectivity index (χ0n) is 10.4. The molecule has 1 aliphatic rings. The summed E-state index contributed by atoms with van der Waals surface area (Å²) in [6.45, 7) is 1.46. The van der Waals surface area contributed by atoms with Gasteiger partial charge in [0, 0.05) is 36.4 Å². The highest BCUT2D eigenvalue weighted by atomic mass is 35.5. The molecule has 1 aromatic carbocycles. The van der Waals surface area contributed by atoms with Crippen LogP contribution in [0.1, 0.15) is 23.2 Å². The Labute approximate surface area is 116 Å². The molecule has 1 aliphatic heterocycles. The fourth-order valence-electron chi connectivity index (χ4n) is 2.33. The second-order valence-electron chi connectivity index (χ2n) is 4.73. The lowest BCUT2D eigenvalue weighted by molar-refractivity contribution is 0.0726. The molecule has 0 N–H and O–H groups in total. The molecule has 0 spiro atoms. The Morgan fingerprint density at radius 2 is 1.84 bits per heavy atom. The topological polar surface area (TPSA) is 46.1 Å². The molecule has 1 aromatic heterocycles. The number of likely N-dealkylation sites (tertiary alicyclic amines) is 1. The van der Waals surface area contributed by atoms with Crippen LogP contribution in [0.4, 0.5) is 0 Å². The second-order valence-corrected chi connectivity index (χ2v) is 5.34. The van der Waals surface area contributed by atoms with Crippen LogP contribution in [0.25, 0.3) is 11.0 Å². The Morgan fingerprint density at radius 1 is 1.16 bits per heavy atom. The minimum Gasteiger partial charge on any atom is -0.339 e. The fourth-order valence-corrected chi connectivity index (χ4v) is 2.53. The van der Waals surface area contributed by atoms with Crippen LogP contribution in [-0.4, -0.2) is 39.2 Å². The van der Waals surface area contributed by atoms with Gasteiger partial charge in [-0.1, -0.05) is 0 Å². The second kappa shape index (κ2) is 5.13. The molecule has 98 valence electrons. The molecule has 0 radical (unpaired) electrons. The van der Waals surface area contributed by atoms with E-state index < -0.39 is 0 Å². The minimum absolute atomic E-state index is 0.0520. The number of alkyl halides is 1. The predicted octanol–water partition coefficient (Wildman–Crippen LogP) is 2.47. The summed E-state index contributed by atoms with van der Waals surface area (Å²) in [6, 6.07) is 5.45. The van der Waals surface area contributed by atoms with Crippen LogP contribution >= 0.6 is 11.6 Å². The third-order valence-electron chi connectivity index (χ3n) is 3.43. The third-order valence-corrected chi connectivity index (χ3v) is 3.86. The first-order valence-corrected chi connectivity index (χ1v) is 6.82. The number of hydrogen-bond donors (Lipinski definition) is 0. The summed E-state index contributed by atoms with van der Waals surface area (Å²) < 4.78 is 0. The van der Waals surface area contributed by atoms with Crippen molar-refractivity contribution in [2.45, 2.75) is 18.2 Å². The van der Waals surface area contributed by atoms with Crippen molar-refractivity contribution in [3.05, 3.63) is 36.2 Å². The van der Waals surface area contributed by atoms with Crippen molar-refractivity contribution in [2.75, 3.05) is 13.1 Å². The lowest BCUT2D eigenvalue weighted by Gasteiger charge is -2.29. The van der Waals surface area contributed by atoms with Crippen LogP contribution in [0.2, 0.25) is 0 Å². The van der Waals surface area contributed by atoms with Gasteiger partial charge in [0.1, 0.15) is 0 Å². The molecule has 3 rings (SSSR count). The highest BCUT2D eigenvalue weighted by Gasteiger charge is 2.22. The molecule has 0 atom stereocenters. The molecule has 2 aromatic rings. The van der Waals surface area contributed by atoms with Gasteiger partial charge >= 0.3 is 0 Å². The van der Waals surface area contributed by atoms with E-state index in [1.807, 2.05) is 17.0 Å². The van der Waals surface area contributed by atoms with Crippen molar-refractivity contribution < 1.29 is 4.79 Å². The van der Waals surface area contributed by atoms with Gasteiger partial charge in [0.05, 0.1) is 11.0 Å². The molecule has 0 saturated carbocycles. The van der Waals surface area contributed by atoms with Gasteiger partial charge in [-0.05, 0) is 31.0 Å². The standard InChI is InChI=1S/C14H14ClN3O/c15-11-3-7-18(8-4-11)14(19)10-1-2-12-13(9-10)17-6-5-16-12/h1-2,5-6,9,11H,3-4,7-8H2. The Kier molecular flexibility index (Phi) is 3.34. The van der Waals surface area contributed by atoms with E-state index in [1.165, 1.54) is 0 Å². The number of amides is 1. The van der Waals surface area contributed by atoms with Crippen molar-refractivity contribution in [2.24, 2.45) is 0 Å². The maximum Gasteiger partial charge on any atom is 0.253 e. The number of carbonyl (C=O) groups is 1. The Morgan fingerprint density at radius 3 is 2.58 bits per heavy atom. The number of halogens is 1. The van der Waals surface area contributed by atoms with Gasteiger partial charge in [0.2, 0.25) is 0 Å². The van der Waals surface area contributed by atoms with Crippen LogP contribution < -0.4 is 0 Å². The molecular weight excluding hydrogens is 262 g/mol. The van der Waals surface area contributed by atoms with Crippen LogP contribution in [0, 0.1) is 0 Å². The number of hydrogen-bond acceptors (Lipinski definition) is 3. The fraction of sp³-hybridized carbons (Fsp3) is 0.357. The third kappa shape index (κ3) is 2.54. The lowest BCUT2D eigenvalue weighted by atomic mass is 10.1. The van der Waals surface area contributed by atoms with E-state index in [0.29, 0.717) is 5.56 Å². The molecule has 4 nitrogen and oxygen atoms in total. The zero-order valence-corrected chi connectivity index (χ0v) is 11.2. The molecule has 1 fully saturated rings. The van der Waals surface area contributed by atoms with E-state index in [9.17, 15) is 4.79 Å². The van der Waals surface area contributed by atoms with Crippen LogP contribution in [-0.2, 0) is 0 Å². The molecule has 5 heteroatoms. The maximum absolute atomic E-state index is 12.4. The SMILES string of the molecule is O=C(c1ccc2nccnc2c1)N1CCC(Cl)CC1. The average Bonchev–Trinajstić information content (AvgIpc) is 2.47. The highest BCUT2D eigenvalue weighted by Crippen LogP contribution is 2.19. The van der Waals surface area contributed by atoms with Crippen LogP contribution in [0.3, 0.4) is 0 Å². The number of aromatic nitrogens is 2. The number of carbonyl (C=O) groups excluding carboxylic acids is 1. The summed E-state index contributed by atoms with van der Waals surface area (Å²) in [5.74, 6) is 0.0520. The van der Waals surface area contributed by atoms with E-state index in [1.54, 1.807) is 18.5 Å². The van der Waals surface area contributed by atoms with Crippen molar-refractivity contribution in [1.82, 2.24) is 14.9 Å². The largest absolute Gasteiger partial charge is 0.339 e. The number of rotatable bonds is 1. The summed E-state index contributed by atoms with van der Waals surface area (Å²) in [6.07, 6.45) is 5.01. The van der Waals surface area contributed by atoms with Crippen molar-refractivity contribution in [1.29, 1.82) is 0 Å². The van der Waals surface area contributed by atoms with E-state index in [0.717, 1.165) is 37.0 Å². The summed E-state index contributed by atoms with van der Waals surface area (Å²) in [5.41, 5.74) is 2.22. The predicted molar refractivity (Wildman–Crippen MR) is 74.3 cm³/mol. The summed E-state index contributed by atoms with van der Waals surface area (Å²) in [4.78, 5) is 22.7. The van der Waals surface area contributed by atoms with Crippen molar-refractivity contribution in [3.8, 4) is 0 Å². The number of benzene rings is 1. The van der Waals surface area contributed by atoms with Crippen LogP contribution in [0.5, 0.6) is 0 Å². The number of nitrogens with zero attached hydrogens (tertiary/aromatic N) is 3. The Balaban J connectivity index is 1.85. The normalized spacial score (nSPS) is 16.8. The van der Waals surface area contributed by atoms with Gasteiger partial charge in [-0.3, -0.25) is 14.8 Å². The van der Waals surface area contributed by atoms with E-state index >= 15 is 0 Å². The maximum atomic E-state index is 12.4. The number of piperidine rings is 1.